The molecule has 30 heavy (non-hydrogen) atoms. The Bertz CT molecular complexity index is 881. The number of benzene rings is 1. The van der Waals surface area contributed by atoms with Crippen LogP contribution in [0.4, 0.5) is 13.2 Å². The molecule has 0 radical (unpaired) electrons. The molecule has 3 N–H and O–H groups in total. The van der Waals surface area contributed by atoms with Gasteiger partial charge in [-0.3, -0.25) is 9.59 Å². The van der Waals surface area contributed by atoms with E-state index in [9.17, 15) is 31.2 Å². The van der Waals surface area contributed by atoms with Crippen LogP contribution in [0.2, 0.25) is 0 Å². The second-order valence-electron chi connectivity index (χ2n) is 7.51. The predicted molar refractivity (Wildman–Crippen MR) is 104 cm³/mol. The second-order valence-corrected chi connectivity index (χ2v) is 9.23. The maximum absolute atomic E-state index is 13.0. The first-order valence-electron chi connectivity index (χ1n) is 9.64. The van der Waals surface area contributed by atoms with Gasteiger partial charge in [0.25, 0.3) is 0 Å². The van der Waals surface area contributed by atoms with Crippen LogP contribution in [0.1, 0.15) is 38.7 Å². The molecule has 0 spiro atoms. The van der Waals surface area contributed by atoms with Gasteiger partial charge in [0.15, 0.2) is 0 Å². The van der Waals surface area contributed by atoms with Crippen molar-refractivity contribution in [2.75, 3.05) is 13.1 Å². The molecule has 0 bridgehead atoms. The number of amides is 2. The highest BCUT2D eigenvalue weighted by molar-refractivity contribution is 7.89. The minimum atomic E-state index is -4.69. The average molecular weight is 449 g/mol. The van der Waals surface area contributed by atoms with Crippen molar-refractivity contribution in [1.29, 1.82) is 0 Å². The Labute approximate surface area is 173 Å². The zero-order chi connectivity index (χ0) is 22.7. The highest BCUT2D eigenvalue weighted by Crippen LogP contribution is 2.30. The summed E-state index contributed by atoms with van der Waals surface area (Å²) >= 11 is 0. The third-order valence-electron chi connectivity index (χ3n) is 5.44. The van der Waals surface area contributed by atoms with Gasteiger partial charge in [-0.2, -0.15) is 17.9 Å². The van der Waals surface area contributed by atoms with Crippen molar-refractivity contribution < 1.29 is 31.2 Å². The number of carbonyl (C=O) groups excluding carboxylic acids is 2. The number of rotatable bonds is 7. The molecule has 1 heterocycles. The summed E-state index contributed by atoms with van der Waals surface area (Å²) in [6, 6.07) is 2.23. The molecule has 0 saturated carbocycles. The van der Waals surface area contributed by atoms with Crippen LogP contribution in [-0.2, 0) is 25.8 Å². The Morgan fingerprint density at radius 1 is 1.27 bits per heavy atom. The Balaban J connectivity index is 2.24. The van der Waals surface area contributed by atoms with Gasteiger partial charge in [-0.25, -0.2) is 8.42 Å². The number of sulfonamides is 1. The van der Waals surface area contributed by atoms with E-state index in [1.54, 1.807) is 13.8 Å². The van der Waals surface area contributed by atoms with E-state index < -0.39 is 50.4 Å². The number of hydrogen-bond acceptors (Lipinski definition) is 4. The fraction of sp³-hybridized carbons (Fsp3) is 0.579. The molecule has 1 fully saturated rings. The van der Waals surface area contributed by atoms with Gasteiger partial charge in [0.05, 0.1) is 10.5 Å². The van der Waals surface area contributed by atoms with Gasteiger partial charge in [0.1, 0.15) is 6.04 Å². The second kappa shape index (κ2) is 9.34. The van der Waals surface area contributed by atoms with Crippen LogP contribution in [0.25, 0.3) is 0 Å². The molecule has 11 heteroatoms. The zero-order valence-electron chi connectivity index (χ0n) is 16.8. The lowest BCUT2D eigenvalue weighted by Crippen LogP contribution is -2.53. The molecule has 2 rings (SSSR count). The molecule has 1 aromatic rings. The standard InChI is InChI=1S/C19H26F3N3O4S/c1-3-12(2)16(18(27)25-9-7-13(8-10-25)17(23)26)24-30(28,29)15-6-4-5-14(11-15)19(20,21)22/h4-6,11-13,16,24H,3,7-10H2,1-2H3,(H2,23,26)/t12-,16+/m0/s1. The van der Waals surface area contributed by atoms with E-state index in [4.69, 9.17) is 5.73 Å². The first-order valence-corrected chi connectivity index (χ1v) is 11.1. The number of alkyl halides is 3. The summed E-state index contributed by atoms with van der Waals surface area (Å²) in [6.45, 7) is 3.98. The summed E-state index contributed by atoms with van der Waals surface area (Å²) in [5.41, 5.74) is 4.20. The first kappa shape index (κ1) is 24.1. The molecule has 168 valence electrons. The van der Waals surface area contributed by atoms with Crippen LogP contribution in [-0.4, -0.2) is 44.3 Å². The third kappa shape index (κ3) is 5.72. The number of hydrogen-bond donors (Lipinski definition) is 2. The van der Waals surface area contributed by atoms with E-state index in [1.807, 2.05) is 0 Å². The van der Waals surface area contributed by atoms with Gasteiger partial charge in [-0.05, 0) is 37.0 Å². The van der Waals surface area contributed by atoms with Crippen molar-refractivity contribution in [3.05, 3.63) is 29.8 Å². The molecule has 1 saturated heterocycles. The van der Waals surface area contributed by atoms with E-state index >= 15 is 0 Å². The number of likely N-dealkylation sites (tertiary alicyclic amines) is 1. The lowest BCUT2D eigenvalue weighted by Gasteiger charge is -2.35. The van der Waals surface area contributed by atoms with Crippen LogP contribution < -0.4 is 10.5 Å². The van der Waals surface area contributed by atoms with Crippen molar-refractivity contribution in [3.8, 4) is 0 Å². The van der Waals surface area contributed by atoms with E-state index in [-0.39, 0.29) is 19.0 Å². The number of nitrogens with one attached hydrogen (secondary N) is 1. The third-order valence-corrected chi connectivity index (χ3v) is 6.88. The molecule has 1 aromatic carbocycles. The largest absolute Gasteiger partial charge is 0.416 e. The van der Waals surface area contributed by atoms with Crippen molar-refractivity contribution in [2.24, 2.45) is 17.6 Å². The van der Waals surface area contributed by atoms with E-state index in [0.29, 0.717) is 25.3 Å². The Hall–Kier alpha value is -2.14. The number of carbonyl (C=O) groups is 2. The summed E-state index contributed by atoms with van der Waals surface area (Å²) in [5.74, 6) is -1.64. The van der Waals surface area contributed by atoms with Gasteiger partial charge >= 0.3 is 6.18 Å². The predicted octanol–water partition coefficient (Wildman–Crippen LogP) is 2.12. The van der Waals surface area contributed by atoms with Gasteiger partial charge in [0.2, 0.25) is 21.8 Å². The van der Waals surface area contributed by atoms with Crippen molar-refractivity contribution in [3.63, 3.8) is 0 Å². The highest BCUT2D eigenvalue weighted by Gasteiger charge is 2.36. The van der Waals surface area contributed by atoms with E-state index in [0.717, 1.165) is 18.2 Å². The molecule has 0 unspecified atom stereocenters. The summed E-state index contributed by atoms with van der Waals surface area (Å²) in [4.78, 5) is 25.2. The van der Waals surface area contributed by atoms with Gasteiger partial charge < -0.3 is 10.6 Å². The summed E-state index contributed by atoms with van der Waals surface area (Å²) in [7, 11) is -4.38. The van der Waals surface area contributed by atoms with E-state index in [1.165, 1.54) is 4.90 Å². The van der Waals surface area contributed by atoms with Crippen molar-refractivity contribution >= 4 is 21.8 Å². The number of piperidine rings is 1. The van der Waals surface area contributed by atoms with Crippen LogP contribution in [0.5, 0.6) is 0 Å². The van der Waals surface area contributed by atoms with Gasteiger partial charge in [-0.15, -0.1) is 0 Å². The average Bonchev–Trinajstić information content (AvgIpc) is 2.70. The molecule has 7 nitrogen and oxygen atoms in total. The van der Waals surface area contributed by atoms with Crippen LogP contribution >= 0.6 is 0 Å². The molecule has 2 atom stereocenters. The molecular weight excluding hydrogens is 423 g/mol. The quantitative estimate of drug-likeness (QED) is 0.664. The zero-order valence-corrected chi connectivity index (χ0v) is 17.6. The monoisotopic (exact) mass is 449 g/mol. The lowest BCUT2D eigenvalue weighted by atomic mass is 9.94. The Kier molecular flexibility index (Phi) is 7.51. The highest BCUT2D eigenvalue weighted by atomic mass is 32.2. The fourth-order valence-electron chi connectivity index (χ4n) is 3.30. The minimum Gasteiger partial charge on any atom is -0.369 e. The topological polar surface area (TPSA) is 110 Å². The number of halogens is 3. The lowest BCUT2D eigenvalue weighted by molar-refractivity contribution is -0.138. The van der Waals surface area contributed by atoms with Gasteiger partial charge in [-0.1, -0.05) is 26.3 Å². The summed E-state index contributed by atoms with van der Waals surface area (Å²) in [5, 5.41) is 0. The number of primary amides is 1. The van der Waals surface area contributed by atoms with Gasteiger partial charge in [0, 0.05) is 19.0 Å². The van der Waals surface area contributed by atoms with Crippen molar-refractivity contribution in [2.45, 2.75) is 50.2 Å². The van der Waals surface area contributed by atoms with E-state index in [2.05, 4.69) is 4.72 Å². The summed E-state index contributed by atoms with van der Waals surface area (Å²) < 4.78 is 66.7. The van der Waals surface area contributed by atoms with Crippen LogP contribution in [0.3, 0.4) is 0 Å². The molecule has 0 aliphatic carbocycles. The molecule has 0 aromatic heterocycles. The maximum atomic E-state index is 13.0. The Morgan fingerprint density at radius 3 is 2.37 bits per heavy atom. The normalized spacial score (nSPS) is 18.1. The smallest absolute Gasteiger partial charge is 0.369 e. The minimum absolute atomic E-state index is 0.255. The fourth-order valence-corrected chi connectivity index (χ4v) is 4.64. The molecule has 1 aliphatic rings. The molecule has 1 aliphatic heterocycles. The van der Waals surface area contributed by atoms with Crippen LogP contribution in [0, 0.1) is 11.8 Å². The number of nitrogens with zero attached hydrogens (tertiary/aromatic N) is 1. The SMILES string of the molecule is CC[C@H](C)[C@@H](NS(=O)(=O)c1cccc(C(F)(F)F)c1)C(=O)N1CCC(C(N)=O)CC1. The Morgan fingerprint density at radius 2 is 1.87 bits per heavy atom. The van der Waals surface area contributed by atoms with Crippen molar-refractivity contribution in [1.82, 2.24) is 9.62 Å². The maximum Gasteiger partial charge on any atom is 0.416 e. The molecule has 2 amide bonds. The first-order chi connectivity index (χ1) is 13.9. The van der Waals surface area contributed by atoms with Crippen LogP contribution in [0.15, 0.2) is 29.2 Å². The summed E-state index contributed by atoms with van der Waals surface area (Å²) in [6.07, 6.45) is -3.45. The molecular formula is C19H26F3N3O4S. The number of nitrogens with two attached hydrogens (primary N) is 1.